The summed E-state index contributed by atoms with van der Waals surface area (Å²) < 4.78 is 4.87. The Morgan fingerprint density at radius 2 is 2.00 bits per heavy atom. The van der Waals surface area contributed by atoms with Crippen LogP contribution in [0, 0.1) is 11.8 Å². The predicted octanol–water partition coefficient (Wildman–Crippen LogP) is 1.99. The van der Waals surface area contributed by atoms with Gasteiger partial charge in [-0.25, -0.2) is 0 Å². The fourth-order valence-corrected chi connectivity index (χ4v) is 0.583. The van der Waals surface area contributed by atoms with Gasteiger partial charge in [-0.1, -0.05) is 20.8 Å². The van der Waals surface area contributed by atoms with Gasteiger partial charge < -0.3 is 10.1 Å². The quantitative estimate of drug-likeness (QED) is 0.616. The summed E-state index contributed by atoms with van der Waals surface area (Å²) in [4.78, 5) is 0. The molecule has 0 aromatic heterocycles. The minimum absolute atomic E-state index is 0.650. The molecule has 0 amide bonds. The zero-order valence-corrected chi connectivity index (χ0v) is 7.98. The second kappa shape index (κ2) is 5.05. The van der Waals surface area contributed by atoms with E-state index in [0.717, 1.165) is 6.54 Å². The molecule has 1 N–H and O–H groups in total. The van der Waals surface area contributed by atoms with E-state index in [1.54, 1.807) is 7.11 Å². The van der Waals surface area contributed by atoms with Crippen molar-refractivity contribution in [1.82, 2.24) is 5.32 Å². The van der Waals surface area contributed by atoms with Crippen LogP contribution in [0.1, 0.15) is 20.8 Å². The minimum atomic E-state index is 0.650. The number of nitrogens with one attached hydrogen (secondary N) is 1. The molecule has 0 aliphatic heterocycles. The van der Waals surface area contributed by atoms with Crippen molar-refractivity contribution in [3.63, 3.8) is 0 Å². The molecule has 0 aromatic rings. The Labute approximate surface area is 69.6 Å². The first-order chi connectivity index (χ1) is 5.07. The zero-order valence-electron chi connectivity index (χ0n) is 7.98. The van der Waals surface area contributed by atoms with E-state index in [1.807, 2.05) is 0 Å². The van der Waals surface area contributed by atoms with E-state index in [9.17, 15) is 0 Å². The van der Waals surface area contributed by atoms with Crippen LogP contribution in [0.4, 0.5) is 0 Å². The Kier molecular flexibility index (Phi) is 4.75. The van der Waals surface area contributed by atoms with E-state index in [1.165, 1.54) is 0 Å². The summed E-state index contributed by atoms with van der Waals surface area (Å²) in [7, 11) is 1.62. The smallest absolute Gasteiger partial charge is 0.178 e. The lowest BCUT2D eigenvalue weighted by atomic mass is 9.98. The number of hydrogen-bond donors (Lipinski definition) is 1. The molecule has 0 unspecified atom stereocenters. The molecule has 2 heteroatoms. The lowest BCUT2D eigenvalue weighted by molar-refractivity contribution is 0.252. The van der Waals surface area contributed by atoms with Crippen LogP contribution in [0.25, 0.3) is 0 Å². The van der Waals surface area contributed by atoms with E-state index in [-0.39, 0.29) is 0 Å². The van der Waals surface area contributed by atoms with Gasteiger partial charge in [0.05, 0.1) is 7.11 Å². The van der Waals surface area contributed by atoms with Crippen LogP contribution < -0.4 is 5.32 Å². The SMILES string of the molecule is C=C(NC[C@@H](C)C(C)C)OC. The number of rotatable bonds is 5. The van der Waals surface area contributed by atoms with Crippen molar-refractivity contribution in [3.05, 3.63) is 12.5 Å². The summed E-state index contributed by atoms with van der Waals surface area (Å²) in [6.45, 7) is 11.2. The highest BCUT2D eigenvalue weighted by Gasteiger charge is 2.05. The average Bonchev–Trinajstić information content (AvgIpc) is 1.99. The summed E-state index contributed by atoms with van der Waals surface area (Å²) in [5, 5.41) is 3.10. The first-order valence-electron chi connectivity index (χ1n) is 4.04. The summed E-state index contributed by atoms with van der Waals surface area (Å²) in [6, 6.07) is 0. The van der Waals surface area contributed by atoms with Crippen LogP contribution in [0.3, 0.4) is 0 Å². The van der Waals surface area contributed by atoms with Gasteiger partial charge in [0.25, 0.3) is 0 Å². The van der Waals surface area contributed by atoms with Gasteiger partial charge in [-0.3, -0.25) is 0 Å². The van der Waals surface area contributed by atoms with Crippen LogP contribution >= 0.6 is 0 Å². The number of hydrogen-bond acceptors (Lipinski definition) is 2. The Morgan fingerprint density at radius 3 is 2.36 bits per heavy atom. The molecule has 0 aliphatic rings. The predicted molar refractivity (Wildman–Crippen MR) is 48.2 cm³/mol. The standard InChI is InChI=1S/C9H19NO/c1-7(2)8(3)6-10-9(4)11-5/h7-8,10H,4,6H2,1-3,5H3/t8-/m1/s1. The minimum Gasteiger partial charge on any atom is -0.483 e. The second-order valence-electron chi connectivity index (χ2n) is 3.23. The normalized spacial score (nSPS) is 12.8. The molecule has 0 fully saturated rings. The molecule has 0 spiro atoms. The van der Waals surface area contributed by atoms with E-state index in [4.69, 9.17) is 4.74 Å². The Balaban J connectivity index is 3.45. The third kappa shape index (κ3) is 4.71. The second-order valence-corrected chi connectivity index (χ2v) is 3.23. The number of ether oxygens (including phenoxy) is 1. The van der Waals surface area contributed by atoms with Crippen LogP contribution in [0.5, 0.6) is 0 Å². The third-order valence-electron chi connectivity index (χ3n) is 2.01. The van der Waals surface area contributed by atoms with Gasteiger partial charge in [0.15, 0.2) is 5.88 Å². The van der Waals surface area contributed by atoms with E-state index >= 15 is 0 Å². The van der Waals surface area contributed by atoms with Crippen molar-refractivity contribution in [2.45, 2.75) is 20.8 Å². The molecule has 0 aromatic carbocycles. The highest BCUT2D eigenvalue weighted by Crippen LogP contribution is 2.07. The van der Waals surface area contributed by atoms with E-state index < -0.39 is 0 Å². The highest BCUT2D eigenvalue weighted by atomic mass is 16.5. The topological polar surface area (TPSA) is 21.3 Å². The van der Waals surface area contributed by atoms with Crippen LogP contribution in [-0.4, -0.2) is 13.7 Å². The molecule has 0 heterocycles. The van der Waals surface area contributed by atoms with Gasteiger partial charge in [0.2, 0.25) is 0 Å². The van der Waals surface area contributed by atoms with Gasteiger partial charge in [-0.05, 0) is 18.4 Å². The first kappa shape index (κ1) is 10.3. The van der Waals surface area contributed by atoms with Crippen molar-refractivity contribution in [2.75, 3.05) is 13.7 Å². The Hall–Kier alpha value is -0.660. The fourth-order valence-electron chi connectivity index (χ4n) is 0.583. The average molecular weight is 157 g/mol. The Bertz CT molecular complexity index is 121. The monoisotopic (exact) mass is 157 g/mol. The molecule has 0 saturated carbocycles. The summed E-state index contributed by atoms with van der Waals surface area (Å²) in [6.07, 6.45) is 0. The molecule has 0 aliphatic carbocycles. The van der Waals surface area contributed by atoms with Crippen molar-refractivity contribution in [3.8, 4) is 0 Å². The molecule has 66 valence electrons. The summed E-state index contributed by atoms with van der Waals surface area (Å²) >= 11 is 0. The highest BCUT2D eigenvalue weighted by molar-refractivity contribution is 4.79. The molecule has 11 heavy (non-hydrogen) atoms. The molecular weight excluding hydrogens is 138 g/mol. The van der Waals surface area contributed by atoms with E-state index in [0.29, 0.717) is 17.7 Å². The summed E-state index contributed by atoms with van der Waals surface area (Å²) in [5.41, 5.74) is 0. The molecule has 2 nitrogen and oxygen atoms in total. The molecule has 0 rings (SSSR count). The van der Waals surface area contributed by atoms with Gasteiger partial charge in [-0.2, -0.15) is 0 Å². The Morgan fingerprint density at radius 1 is 1.45 bits per heavy atom. The maximum atomic E-state index is 4.87. The maximum absolute atomic E-state index is 4.87. The third-order valence-corrected chi connectivity index (χ3v) is 2.01. The van der Waals surface area contributed by atoms with Crippen molar-refractivity contribution in [1.29, 1.82) is 0 Å². The van der Waals surface area contributed by atoms with Crippen molar-refractivity contribution in [2.24, 2.45) is 11.8 Å². The van der Waals surface area contributed by atoms with Gasteiger partial charge >= 0.3 is 0 Å². The van der Waals surface area contributed by atoms with Gasteiger partial charge in [0.1, 0.15) is 0 Å². The van der Waals surface area contributed by atoms with Crippen LogP contribution in [0.2, 0.25) is 0 Å². The molecule has 0 saturated heterocycles. The van der Waals surface area contributed by atoms with Crippen molar-refractivity contribution >= 4 is 0 Å². The zero-order chi connectivity index (χ0) is 8.85. The lowest BCUT2D eigenvalue weighted by Crippen LogP contribution is -2.23. The van der Waals surface area contributed by atoms with Crippen LogP contribution in [-0.2, 0) is 4.74 Å². The fraction of sp³-hybridized carbons (Fsp3) is 0.778. The maximum Gasteiger partial charge on any atom is 0.178 e. The number of methoxy groups -OCH3 is 1. The van der Waals surface area contributed by atoms with Gasteiger partial charge in [0, 0.05) is 6.54 Å². The van der Waals surface area contributed by atoms with Crippen molar-refractivity contribution < 1.29 is 4.74 Å². The molecule has 0 radical (unpaired) electrons. The molecular formula is C9H19NO. The first-order valence-corrected chi connectivity index (χ1v) is 4.04. The summed E-state index contributed by atoms with van der Waals surface area (Å²) in [5.74, 6) is 2.01. The van der Waals surface area contributed by atoms with Gasteiger partial charge in [-0.15, -0.1) is 0 Å². The largest absolute Gasteiger partial charge is 0.483 e. The van der Waals surface area contributed by atoms with Crippen LogP contribution in [0.15, 0.2) is 12.5 Å². The lowest BCUT2D eigenvalue weighted by Gasteiger charge is -2.17. The molecule has 1 atom stereocenters. The molecule has 0 bridgehead atoms. The van der Waals surface area contributed by atoms with E-state index in [2.05, 4.69) is 32.7 Å².